The van der Waals surface area contributed by atoms with Crippen LogP contribution in [0.15, 0.2) is 36.7 Å². The van der Waals surface area contributed by atoms with Crippen LogP contribution in [0, 0.1) is 0 Å². The Morgan fingerprint density at radius 1 is 0.923 bits per heavy atom. The van der Waals surface area contributed by atoms with E-state index in [9.17, 15) is 14.4 Å². The van der Waals surface area contributed by atoms with Gasteiger partial charge >= 0.3 is 5.97 Å². The predicted octanol–water partition coefficient (Wildman–Crippen LogP) is 2.10. The van der Waals surface area contributed by atoms with Gasteiger partial charge in [0.15, 0.2) is 5.69 Å². The normalized spacial score (nSPS) is 14.0. The molecule has 1 aliphatic rings. The molecule has 1 heterocycles. The Bertz CT molecular complexity index is 812. The lowest BCUT2D eigenvalue weighted by Gasteiger charge is -2.12. The number of benzene rings is 1. The number of nitrogens with zero attached hydrogens (tertiary/aromatic N) is 2. The molecule has 1 aliphatic carbocycles. The van der Waals surface area contributed by atoms with Gasteiger partial charge in [-0.25, -0.2) is 14.8 Å². The molecule has 0 saturated heterocycles. The molecule has 0 unspecified atom stereocenters. The summed E-state index contributed by atoms with van der Waals surface area (Å²) in [4.78, 5) is 42.4. The lowest BCUT2D eigenvalue weighted by molar-refractivity contribution is 0.0689. The number of carboxylic acid groups (broad SMARTS) is 1. The van der Waals surface area contributed by atoms with E-state index in [1.54, 1.807) is 24.3 Å². The van der Waals surface area contributed by atoms with Crippen molar-refractivity contribution in [3.63, 3.8) is 0 Å². The van der Waals surface area contributed by atoms with Gasteiger partial charge in [-0.1, -0.05) is 12.8 Å². The smallest absolute Gasteiger partial charge is 0.356 e. The molecule has 0 spiro atoms. The Morgan fingerprint density at radius 2 is 1.54 bits per heavy atom. The van der Waals surface area contributed by atoms with Gasteiger partial charge in [-0.2, -0.15) is 0 Å². The molecular weight excluding hydrogens is 336 g/mol. The van der Waals surface area contributed by atoms with Crippen molar-refractivity contribution in [3.05, 3.63) is 53.6 Å². The summed E-state index contributed by atoms with van der Waals surface area (Å²) in [6, 6.07) is 6.77. The van der Waals surface area contributed by atoms with Crippen molar-refractivity contribution in [1.29, 1.82) is 0 Å². The number of aromatic carboxylic acids is 1. The maximum absolute atomic E-state index is 12.2. The number of hydrogen-bond donors (Lipinski definition) is 3. The summed E-state index contributed by atoms with van der Waals surface area (Å²) in [6.45, 7) is 0. The highest BCUT2D eigenvalue weighted by atomic mass is 16.4. The first-order chi connectivity index (χ1) is 12.5. The van der Waals surface area contributed by atoms with E-state index < -0.39 is 11.9 Å². The molecule has 1 aromatic carbocycles. The maximum Gasteiger partial charge on any atom is 0.356 e. The van der Waals surface area contributed by atoms with E-state index in [4.69, 9.17) is 5.11 Å². The van der Waals surface area contributed by atoms with Crippen LogP contribution < -0.4 is 10.6 Å². The first kappa shape index (κ1) is 17.5. The van der Waals surface area contributed by atoms with Gasteiger partial charge in [0.25, 0.3) is 11.8 Å². The molecule has 26 heavy (non-hydrogen) atoms. The fourth-order valence-corrected chi connectivity index (χ4v) is 2.79. The second kappa shape index (κ2) is 7.73. The minimum absolute atomic E-state index is 0.00180. The van der Waals surface area contributed by atoms with Crippen LogP contribution in [0.2, 0.25) is 0 Å². The first-order valence-electron chi connectivity index (χ1n) is 8.30. The number of carbonyl (C=O) groups is 3. The number of nitrogens with one attached hydrogen (secondary N) is 2. The highest BCUT2D eigenvalue weighted by molar-refractivity contribution is 6.03. The van der Waals surface area contributed by atoms with Crippen molar-refractivity contribution in [2.45, 2.75) is 31.7 Å². The minimum Gasteiger partial charge on any atom is -0.476 e. The second-order valence-corrected chi connectivity index (χ2v) is 6.08. The third kappa shape index (κ3) is 4.21. The van der Waals surface area contributed by atoms with Crippen molar-refractivity contribution >= 4 is 23.5 Å². The molecule has 8 nitrogen and oxygen atoms in total. The highest BCUT2D eigenvalue weighted by Crippen LogP contribution is 2.18. The fourth-order valence-electron chi connectivity index (χ4n) is 2.79. The van der Waals surface area contributed by atoms with Crippen molar-refractivity contribution in [2.24, 2.45) is 0 Å². The van der Waals surface area contributed by atoms with Crippen molar-refractivity contribution < 1.29 is 19.5 Å². The SMILES string of the molecule is O=C(NC1CCCC1)c1ccc(NC(=O)c2cnc(C(=O)O)cn2)cc1. The molecule has 0 bridgehead atoms. The average molecular weight is 354 g/mol. The van der Waals surface area contributed by atoms with Gasteiger partial charge in [-0.05, 0) is 37.1 Å². The van der Waals surface area contributed by atoms with E-state index in [-0.39, 0.29) is 23.3 Å². The van der Waals surface area contributed by atoms with E-state index in [1.165, 1.54) is 0 Å². The lowest BCUT2D eigenvalue weighted by Crippen LogP contribution is -2.32. The van der Waals surface area contributed by atoms with Crippen LogP contribution in [0.4, 0.5) is 5.69 Å². The van der Waals surface area contributed by atoms with E-state index in [0.717, 1.165) is 38.1 Å². The number of carbonyl (C=O) groups excluding carboxylic acids is 2. The van der Waals surface area contributed by atoms with Crippen LogP contribution in [0.25, 0.3) is 0 Å². The summed E-state index contributed by atoms with van der Waals surface area (Å²) in [6.07, 6.45) is 6.44. The van der Waals surface area contributed by atoms with Crippen LogP contribution in [0.1, 0.15) is 57.0 Å². The van der Waals surface area contributed by atoms with E-state index in [0.29, 0.717) is 11.3 Å². The molecule has 1 saturated carbocycles. The van der Waals surface area contributed by atoms with Gasteiger partial charge < -0.3 is 15.7 Å². The van der Waals surface area contributed by atoms with Gasteiger partial charge in [-0.15, -0.1) is 0 Å². The van der Waals surface area contributed by atoms with Gasteiger partial charge in [0, 0.05) is 17.3 Å². The van der Waals surface area contributed by atoms with Crippen LogP contribution in [0.5, 0.6) is 0 Å². The number of amides is 2. The zero-order valence-electron chi connectivity index (χ0n) is 13.9. The topological polar surface area (TPSA) is 121 Å². The molecule has 3 N–H and O–H groups in total. The highest BCUT2D eigenvalue weighted by Gasteiger charge is 2.18. The monoisotopic (exact) mass is 354 g/mol. The standard InChI is InChI=1S/C18H18N4O4/c23-16(21-12-3-1-2-4-12)11-5-7-13(8-6-11)22-17(24)14-9-20-15(10-19-14)18(25)26/h5-10,12H,1-4H2,(H,21,23)(H,22,24)(H,25,26). The van der Waals surface area contributed by atoms with Crippen molar-refractivity contribution in [2.75, 3.05) is 5.32 Å². The summed E-state index contributed by atoms with van der Waals surface area (Å²) in [7, 11) is 0. The Balaban J connectivity index is 1.60. The molecule has 8 heteroatoms. The fraction of sp³-hybridized carbons (Fsp3) is 0.278. The van der Waals surface area contributed by atoms with Crippen LogP contribution in [0.3, 0.4) is 0 Å². The summed E-state index contributed by atoms with van der Waals surface area (Å²) in [5.74, 6) is -1.85. The number of hydrogen-bond acceptors (Lipinski definition) is 5. The molecular formula is C18H18N4O4. The third-order valence-electron chi connectivity index (χ3n) is 4.20. The van der Waals surface area contributed by atoms with E-state index >= 15 is 0 Å². The summed E-state index contributed by atoms with van der Waals surface area (Å²) >= 11 is 0. The van der Waals surface area contributed by atoms with Gasteiger partial charge in [-0.3, -0.25) is 9.59 Å². The van der Waals surface area contributed by atoms with E-state index in [2.05, 4.69) is 20.6 Å². The van der Waals surface area contributed by atoms with Crippen LogP contribution in [-0.2, 0) is 0 Å². The maximum atomic E-state index is 12.2. The zero-order valence-corrected chi connectivity index (χ0v) is 13.9. The molecule has 3 rings (SSSR count). The number of aromatic nitrogens is 2. The molecule has 0 atom stereocenters. The molecule has 2 amide bonds. The first-order valence-corrected chi connectivity index (χ1v) is 8.30. The van der Waals surface area contributed by atoms with Gasteiger partial charge in [0.2, 0.25) is 0 Å². The minimum atomic E-state index is -1.21. The Kier molecular flexibility index (Phi) is 5.21. The Labute approximate surface area is 149 Å². The zero-order chi connectivity index (χ0) is 18.5. The van der Waals surface area contributed by atoms with E-state index in [1.807, 2.05) is 0 Å². The average Bonchev–Trinajstić information content (AvgIpc) is 3.15. The summed E-state index contributed by atoms with van der Waals surface area (Å²) < 4.78 is 0. The molecule has 1 aromatic heterocycles. The molecule has 134 valence electrons. The molecule has 0 aliphatic heterocycles. The van der Waals surface area contributed by atoms with Crippen LogP contribution >= 0.6 is 0 Å². The third-order valence-corrected chi connectivity index (χ3v) is 4.20. The molecule has 2 aromatic rings. The summed E-state index contributed by atoms with van der Waals surface area (Å²) in [5, 5.41) is 14.4. The number of carboxylic acids is 1. The molecule has 0 radical (unpaired) electrons. The largest absolute Gasteiger partial charge is 0.476 e. The quantitative estimate of drug-likeness (QED) is 0.756. The Morgan fingerprint density at radius 3 is 2.12 bits per heavy atom. The van der Waals surface area contributed by atoms with Gasteiger partial charge in [0.05, 0.1) is 12.4 Å². The van der Waals surface area contributed by atoms with Crippen molar-refractivity contribution in [1.82, 2.24) is 15.3 Å². The van der Waals surface area contributed by atoms with Gasteiger partial charge in [0.1, 0.15) is 5.69 Å². The van der Waals surface area contributed by atoms with Crippen LogP contribution in [-0.4, -0.2) is 38.9 Å². The Hall–Kier alpha value is -3.29. The lowest BCUT2D eigenvalue weighted by atomic mass is 10.1. The second-order valence-electron chi connectivity index (χ2n) is 6.08. The molecule has 1 fully saturated rings. The number of rotatable bonds is 5. The van der Waals surface area contributed by atoms with Crippen molar-refractivity contribution in [3.8, 4) is 0 Å². The number of anilines is 1. The predicted molar refractivity (Wildman–Crippen MR) is 93.1 cm³/mol. The summed E-state index contributed by atoms with van der Waals surface area (Å²) in [5.41, 5.74) is 0.786.